The van der Waals surface area contributed by atoms with Crippen molar-refractivity contribution in [1.29, 1.82) is 0 Å². The molecular weight excluding hydrogens is 343 g/mol. The van der Waals surface area contributed by atoms with Gasteiger partial charge in [0.05, 0.1) is 5.54 Å². The van der Waals surface area contributed by atoms with Gasteiger partial charge in [-0.05, 0) is 79.9 Å². The molecule has 0 radical (unpaired) electrons. The van der Waals surface area contributed by atoms with E-state index in [0.717, 1.165) is 24.0 Å². The molecule has 0 spiro atoms. The van der Waals surface area contributed by atoms with Crippen molar-refractivity contribution in [2.75, 3.05) is 7.05 Å². The lowest BCUT2D eigenvalue weighted by Crippen LogP contribution is -2.63. The Labute approximate surface area is 150 Å². The third-order valence-electron chi connectivity index (χ3n) is 6.00. The molecule has 0 fully saturated rings. The quantitative estimate of drug-likeness (QED) is 0.627. The number of rotatable bonds is 1. The molecule has 0 saturated carbocycles. The second-order valence-electron chi connectivity index (χ2n) is 7.51. The van der Waals surface area contributed by atoms with Crippen LogP contribution in [0.1, 0.15) is 36.1 Å². The Kier molecular flexibility index (Phi) is 3.58. The largest absolute Gasteiger partial charge is 0.446 e. The second kappa shape index (κ2) is 5.27. The van der Waals surface area contributed by atoms with Crippen LogP contribution in [0.15, 0.2) is 47.4 Å². The lowest BCUT2D eigenvalue weighted by molar-refractivity contribution is -0.0328. The highest BCUT2D eigenvalue weighted by molar-refractivity contribution is 8.00. The van der Waals surface area contributed by atoms with Gasteiger partial charge in [-0.1, -0.05) is 30.3 Å². The molecule has 25 heavy (non-hydrogen) atoms. The van der Waals surface area contributed by atoms with E-state index in [0.29, 0.717) is 0 Å². The Morgan fingerprint density at radius 2 is 1.60 bits per heavy atom. The molecule has 0 N–H and O–H groups in total. The highest BCUT2D eigenvalue weighted by atomic mass is 32.2. The zero-order valence-electron chi connectivity index (χ0n) is 14.4. The maximum atomic E-state index is 12.9. The van der Waals surface area contributed by atoms with Crippen LogP contribution in [0.3, 0.4) is 0 Å². The van der Waals surface area contributed by atoms with Gasteiger partial charge in [-0.3, -0.25) is 4.90 Å². The zero-order chi connectivity index (χ0) is 18.0. The van der Waals surface area contributed by atoms with Crippen LogP contribution in [0.4, 0.5) is 13.2 Å². The monoisotopic (exact) mass is 363 g/mol. The first-order valence-electron chi connectivity index (χ1n) is 8.35. The van der Waals surface area contributed by atoms with Crippen LogP contribution >= 0.6 is 11.8 Å². The smallest absolute Gasteiger partial charge is 0.287 e. The molecule has 132 valence electrons. The van der Waals surface area contributed by atoms with Gasteiger partial charge in [0, 0.05) is 10.4 Å². The summed E-state index contributed by atoms with van der Waals surface area (Å²) >= 11 is -0.0333. The Morgan fingerprint density at radius 1 is 0.960 bits per heavy atom. The number of halogens is 3. The lowest BCUT2D eigenvalue weighted by atomic mass is 9.64. The number of thioether (sulfide) groups is 1. The minimum atomic E-state index is -4.27. The number of hydrogen-bond acceptors (Lipinski definition) is 2. The molecule has 5 heteroatoms. The van der Waals surface area contributed by atoms with Crippen molar-refractivity contribution in [3.63, 3.8) is 0 Å². The maximum absolute atomic E-state index is 12.9. The predicted molar refractivity (Wildman–Crippen MR) is 94.8 cm³/mol. The summed E-state index contributed by atoms with van der Waals surface area (Å²) in [7, 11) is 2.10. The van der Waals surface area contributed by atoms with E-state index in [1.54, 1.807) is 12.1 Å². The SMILES string of the molecule is CN1C2(C)Cc3ccccc3C1(C)c1cc(SC(F)(F)F)ccc1C2. The van der Waals surface area contributed by atoms with Crippen molar-refractivity contribution >= 4 is 11.8 Å². The molecule has 2 unspecified atom stereocenters. The van der Waals surface area contributed by atoms with Gasteiger partial charge in [0.2, 0.25) is 0 Å². The molecule has 0 aliphatic carbocycles. The molecule has 2 aromatic carbocycles. The molecule has 0 saturated heterocycles. The van der Waals surface area contributed by atoms with Crippen LogP contribution < -0.4 is 0 Å². The minimum Gasteiger partial charge on any atom is -0.287 e. The molecule has 0 amide bonds. The van der Waals surface area contributed by atoms with Crippen LogP contribution in [-0.4, -0.2) is 23.0 Å². The van der Waals surface area contributed by atoms with Gasteiger partial charge in [0.15, 0.2) is 0 Å². The van der Waals surface area contributed by atoms with Gasteiger partial charge in [-0.15, -0.1) is 0 Å². The molecular formula is C20H20F3NS. The van der Waals surface area contributed by atoms with Crippen molar-refractivity contribution in [3.8, 4) is 0 Å². The first kappa shape index (κ1) is 17.0. The normalized spacial score (nSPS) is 28.4. The molecule has 4 rings (SSSR count). The minimum absolute atomic E-state index is 0.0329. The van der Waals surface area contributed by atoms with E-state index >= 15 is 0 Å². The summed E-state index contributed by atoms with van der Waals surface area (Å²) in [6, 6.07) is 13.6. The highest BCUT2D eigenvalue weighted by Gasteiger charge is 2.52. The summed E-state index contributed by atoms with van der Waals surface area (Å²) in [4.78, 5) is 2.61. The molecule has 2 aliphatic heterocycles. The van der Waals surface area contributed by atoms with E-state index in [1.165, 1.54) is 11.1 Å². The fraction of sp³-hybridized carbons (Fsp3) is 0.400. The highest BCUT2D eigenvalue weighted by Crippen LogP contribution is 2.52. The van der Waals surface area contributed by atoms with E-state index in [2.05, 4.69) is 37.9 Å². The Bertz CT molecular complexity index is 847. The standard InChI is InChI=1S/C20H20F3NS/c1-18-11-13-6-4-5-7-16(13)19(2,24(18)3)17-10-15(25-20(21,22)23)9-8-14(17)12-18/h4-10H,11-12H2,1-3H3. The Balaban J connectivity index is 1.93. The average molecular weight is 363 g/mol. The fourth-order valence-corrected chi connectivity index (χ4v) is 5.26. The van der Waals surface area contributed by atoms with E-state index in [-0.39, 0.29) is 22.2 Å². The molecule has 2 aromatic rings. The van der Waals surface area contributed by atoms with Crippen molar-refractivity contribution < 1.29 is 13.2 Å². The van der Waals surface area contributed by atoms with Crippen LogP contribution in [0.25, 0.3) is 0 Å². The van der Waals surface area contributed by atoms with Gasteiger partial charge in [-0.2, -0.15) is 13.2 Å². The summed E-state index contributed by atoms with van der Waals surface area (Å²) in [6.07, 6.45) is 1.80. The van der Waals surface area contributed by atoms with Crippen molar-refractivity contribution in [3.05, 3.63) is 64.7 Å². The molecule has 2 aliphatic rings. The number of alkyl halides is 3. The Morgan fingerprint density at radius 3 is 2.28 bits per heavy atom. The van der Waals surface area contributed by atoms with Gasteiger partial charge in [0.1, 0.15) is 0 Å². The van der Waals surface area contributed by atoms with Gasteiger partial charge in [-0.25, -0.2) is 0 Å². The van der Waals surface area contributed by atoms with E-state index < -0.39 is 11.0 Å². The predicted octanol–water partition coefficient (Wildman–Crippen LogP) is 5.36. The summed E-state index contributed by atoms with van der Waals surface area (Å²) in [6.45, 7) is 4.39. The molecule has 2 heterocycles. The third kappa shape index (κ3) is 2.51. The average Bonchev–Trinajstić information content (AvgIpc) is 2.52. The van der Waals surface area contributed by atoms with Gasteiger partial charge >= 0.3 is 5.51 Å². The van der Waals surface area contributed by atoms with Crippen LogP contribution in [-0.2, 0) is 18.4 Å². The summed E-state index contributed by atoms with van der Waals surface area (Å²) in [5.41, 5.74) is -0.0729. The molecule has 2 atom stereocenters. The fourth-order valence-electron chi connectivity index (χ4n) is 4.68. The van der Waals surface area contributed by atoms with E-state index in [4.69, 9.17) is 0 Å². The second-order valence-corrected chi connectivity index (χ2v) is 8.64. The van der Waals surface area contributed by atoms with Crippen molar-refractivity contribution in [1.82, 2.24) is 4.90 Å². The van der Waals surface area contributed by atoms with Crippen LogP contribution in [0, 0.1) is 0 Å². The topological polar surface area (TPSA) is 3.24 Å². The first-order chi connectivity index (χ1) is 11.6. The van der Waals surface area contributed by atoms with Gasteiger partial charge in [0.25, 0.3) is 0 Å². The number of benzene rings is 2. The number of hydrogen-bond donors (Lipinski definition) is 0. The Hall–Kier alpha value is -1.46. The maximum Gasteiger partial charge on any atom is 0.446 e. The molecule has 2 bridgehead atoms. The lowest BCUT2D eigenvalue weighted by Gasteiger charge is -2.59. The summed E-state index contributed by atoms with van der Waals surface area (Å²) in [5, 5.41) is 0. The zero-order valence-corrected chi connectivity index (χ0v) is 15.3. The molecule has 0 aromatic heterocycles. The first-order valence-corrected chi connectivity index (χ1v) is 9.17. The number of nitrogens with zero attached hydrogens (tertiary/aromatic N) is 1. The number of likely N-dealkylation sites (N-methyl/N-ethyl adjacent to an activating group) is 1. The van der Waals surface area contributed by atoms with Crippen LogP contribution in [0.5, 0.6) is 0 Å². The summed E-state index contributed by atoms with van der Waals surface area (Å²) < 4.78 is 38.6. The van der Waals surface area contributed by atoms with E-state index in [1.807, 2.05) is 18.2 Å². The number of fused-ring (bicyclic) bond motifs is 6. The van der Waals surface area contributed by atoms with Crippen LogP contribution in [0.2, 0.25) is 0 Å². The van der Waals surface area contributed by atoms with Gasteiger partial charge < -0.3 is 0 Å². The van der Waals surface area contributed by atoms with Crippen molar-refractivity contribution in [2.45, 2.75) is 48.2 Å². The van der Waals surface area contributed by atoms with E-state index in [9.17, 15) is 13.2 Å². The third-order valence-corrected chi connectivity index (χ3v) is 6.73. The van der Waals surface area contributed by atoms with Crippen molar-refractivity contribution in [2.24, 2.45) is 0 Å². The summed E-state index contributed by atoms with van der Waals surface area (Å²) in [5.74, 6) is 0. The molecule has 1 nitrogen and oxygen atoms in total.